The fourth-order valence-electron chi connectivity index (χ4n) is 3.20. The Morgan fingerprint density at radius 2 is 1.94 bits per heavy atom. The Balaban J connectivity index is 2.21. The zero-order valence-electron chi connectivity index (χ0n) is 17.5. The zero-order valence-corrected chi connectivity index (χ0v) is 18.2. The molecule has 3 rings (SSSR count). The molecule has 33 heavy (non-hydrogen) atoms. The number of non-ortho nitro benzene ring substituents is 1. The van der Waals surface area contributed by atoms with E-state index < -0.39 is 22.1 Å². The lowest BCUT2D eigenvalue weighted by Crippen LogP contribution is -2.41. The molecule has 0 saturated carbocycles. The summed E-state index contributed by atoms with van der Waals surface area (Å²) in [6.07, 6.45) is 0. The lowest BCUT2D eigenvalue weighted by atomic mass is 10.1. The Labute approximate surface area is 192 Å². The van der Waals surface area contributed by atoms with Crippen molar-refractivity contribution in [3.05, 3.63) is 95.6 Å². The molecule has 0 bridgehead atoms. The van der Waals surface area contributed by atoms with Gasteiger partial charge in [-0.25, -0.2) is 4.79 Å². The lowest BCUT2D eigenvalue weighted by molar-refractivity contribution is -0.384. The number of hydrogen-bond donors (Lipinski definition) is 2. The van der Waals surface area contributed by atoms with E-state index >= 15 is 0 Å². The van der Waals surface area contributed by atoms with Gasteiger partial charge in [-0.15, -0.1) is 0 Å². The van der Waals surface area contributed by atoms with Crippen LogP contribution in [-0.4, -0.2) is 34.1 Å². The summed E-state index contributed by atoms with van der Waals surface area (Å²) in [5, 5.41) is 11.2. The Hall–Kier alpha value is -3.96. The molecule has 0 aliphatic carbocycles. The van der Waals surface area contributed by atoms with Crippen molar-refractivity contribution in [3.63, 3.8) is 0 Å². The van der Waals surface area contributed by atoms with E-state index in [1.54, 1.807) is 30.3 Å². The molecule has 12 heteroatoms. The molecule has 0 spiro atoms. The van der Waals surface area contributed by atoms with Crippen LogP contribution in [0, 0.1) is 10.1 Å². The van der Waals surface area contributed by atoms with Gasteiger partial charge in [-0.3, -0.25) is 34.2 Å². The second-order valence-electron chi connectivity index (χ2n) is 6.94. The predicted molar refractivity (Wildman–Crippen MR) is 123 cm³/mol. The summed E-state index contributed by atoms with van der Waals surface area (Å²) in [6, 6.07) is 12.1. The first-order valence-corrected chi connectivity index (χ1v) is 10.0. The monoisotopic (exact) mass is 473 g/mol. The molecule has 0 aliphatic heterocycles. The zero-order chi connectivity index (χ0) is 24.1. The van der Waals surface area contributed by atoms with E-state index in [2.05, 4.69) is 4.98 Å². The highest BCUT2D eigenvalue weighted by Gasteiger charge is 2.28. The largest absolute Gasteiger partial charge is 0.383 e. The number of carbonyl (C=O) groups excluding carboxylic acids is 1. The number of methoxy groups -OCH3 is 1. The van der Waals surface area contributed by atoms with Gasteiger partial charge >= 0.3 is 5.69 Å². The molecule has 0 saturated heterocycles. The first-order chi connectivity index (χ1) is 15.7. The number of nitrogens with two attached hydrogens (primary N) is 1. The van der Waals surface area contributed by atoms with E-state index in [1.807, 2.05) is 0 Å². The number of benzene rings is 2. The quantitative estimate of drug-likeness (QED) is 0.375. The van der Waals surface area contributed by atoms with Crippen LogP contribution in [0.1, 0.15) is 15.9 Å². The summed E-state index contributed by atoms with van der Waals surface area (Å²) in [7, 11) is 1.43. The van der Waals surface area contributed by atoms with Gasteiger partial charge < -0.3 is 10.5 Å². The highest BCUT2D eigenvalue weighted by molar-refractivity contribution is 6.34. The molecule has 0 aliphatic rings. The highest BCUT2D eigenvalue weighted by Crippen LogP contribution is 2.27. The van der Waals surface area contributed by atoms with Crippen molar-refractivity contribution in [3.8, 4) is 0 Å². The summed E-state index contributed by atoms with van der Waals surface area (Å²) < 4.78 is 6.05. The summed E-state index contributed by atoms with van der Waals surface area (Å²) in [6.45, 7) is 0.0310. The van der Waals surface area contributed by atoms with Gasteiger partial charge in [0.2, 0.25) is 0 Å². The topological polar surface area (TPSA) is 154 Å². The van der Waals surface area contributed by atoms with E-state index in [1.165, 1.54) is 13.2 Å². The maximum Gasteiger partial charge on any atom is 0.330 e. The molecule has 0 radical (unpaired) electrons. The molecule has 1 aromatic heterocycles. The number of ether oxygens (including phenoxy) is 1. The minimum Gasteiger partial charge on any atom is -0.383 e. The molecule has 172 valence electrons. The van der Waals surface area contributed by atoms with Crippen molar-refractivity contribution in [2.45, 2.75) is 13.1 Å². The van der Waals surface area contributed by atoms with Crippen LogP contribution in [0.25, 0.3) is 0 Å². The van der Waals surface area contributed by atoms with Crippen molar-refractivity contribution >= 4 is 34.7 Å². The normalized spacial score (nSPS) is 10.7. The Bertz CT molecular complexity index is 1300. The van der Waals surface area contributed by atoms with Gasteiger partial charge in [-0.05, 0) is 11.6 Å². The number of H-pyrrole nitrogens is 1. The molecule has 3 N–H and O–H groups in total. The van der Waals surface area contributed by atoms with Crippen LogP contribution in [0.15, 0.2) is 58.1 Å². The summed E-state index contributed by atoms with van der Waals surface area (Å²) in [5.74, 6) is -1.06. The van der Waals surface area contributed by atoms with Crippen molar-refractivity contribution < 1.29 is 14.5 Å². The fourth-order valence-corrected chi connectivity index (χ4v) is 3.40. The van der Waals surface area contributed by atoms with Crippen LogP contribution < -0.4 is 21.9 Å². The number of aromatic nitrogens is 2. The molecule has 11 nitrogen and oxygen atoms in total. The third-order valence-electron chi connectivity index (χ3n) is 4.82. The van der Waals surface area contributed by atoms with Gasteiger partial charge in [0, 0.05) is 19.2 Å². The fraction of sp³-hybridized carbons (Fsp3) is 0.190. The van der Waals surface area contributed by atoms with Crippen LogP contribution >= 0.6 is 11.6 Å². The van der Waals surface area contributed by atoms with E-state index in [4.69, 9.17) is 22.1 Å². The predicted octanol–water partition coefficient (Wildman–Crippen LogP) is 2.17. The second-order valence-corrected chi connectivity index (χ2v) is 7.34. The molecule has 0 unspecified atom stereocenters. The van der Waals surface area contributed by atoms with Gasteiger partial charge in [-0.1, -0.05) is 41.9 Å². The summed E-state index contributed by atoms with van der Waals surface area (Å²) in [5.41, 5.74) is 4.31. The second kappa shape index (κ2) is 10.1. The van der Waals surface area contributed by atoms with Crippen LogP contribution in [0.5, 0.6) is 0 Å². The number of rotatable bonds is 8. The average molecular weight is 474 g/mol. The van der Waals surface area contributed by atoms with Gasteiger partial charge in [0.1, 0.15) is 5.82 Å². The number of aromatic amines is 1. The maximum atomic E-state index is 13.6. The van der Waals surface area contributed by atoms with Crippen molar-refractivity contribution in [2.24, 2.45) is 0 Å². The molecule has 1 amide bonds. The van der Waals surface area contributed by atoms with Gasteiger partial charge in [0.25, 0.3) is 17.2 Å². The van der Waals surface area contributed by atoms with Gasteiger partial charge in [0.15, 0.2) is 5.69 Å². The molecular weight excluding hydrogens is 454 g/mol. The van der Waals surface area contributed by atoms with Crippen LogP contribution in [0.2, 0.25) is 5.02 Å². The SMILES string of the molecule is COCCn1c(N)c(N(Cc2ccccc2)C(=O)c2cc([N+](=O)[O-])ccc2Cl)c(=O)[nH]c1=O. The Morgan fingerprint density at radius 1 is 1.24 bits per heavy atom. The summed E-state index contributed by atoms with van der Waals surface area (Å²) >= 11 is 6.18. The third kappa shape index (κ3) is 5.10. The average Bonchev–Trinajstić information content (AvgIpc) is 2.78. The number of amides is 1. The van der Waals surface area contributed by atoms with E-state index in [-0.39, 0.29) is 47.5 Å². The van der Waals surface area contributed by atoms with E-state index in [0.717, 1.165) is 21.6 Å². The number of halogens is 1. The first-order valence-electron chi connectivity index (χ1n) is 9.65. The third-order valence-corrected chi connectivity index (χ3v) is 5.15. The van der Waals surface area contributed by atoms with Crippen LogP contribution in [0.3, 0.4) is 0 Å². The molecule has 3 aromatic rings. The van der Waals surface area contributed by atoms with Gasteiger partial charge in [-0.2, -0.15) is 0 Å². The minimum atomic E-state index is -0.892. The number of nitrogens with one attached hydrogen (secondary N) is 1. The first kappa shape index (κ1) is 23.7. The smallest absolute Gasteiger partial charge is 0.330 e. The van der Waals surface area contributed by atoms with Crippen molar-refractivity contribution in [1.29, 1.82) is 0 Å². The maximum absolute atomic E-state index is 13.6. The number of hydrogen-bond acceptors (Lipinski definition) is 7. The van der Waals surface area contributed by atoms with Crippen LogP contribution in [0.4, 0.5) is 17.2 Å². The number of nitrogens with zero attached hydrogens (tertiary/aromatic N) is 3. The molecule has 1 heterocycles. The Morgan fingerprint density at radius 3 is 2.58 bits per heavy atom. The molecule has 0 atom stereocenters. The summed E-state index contributed by atoms with van der Waals surface area (Å²) in [4.78, 5) is 52.4. The number of nitrogen functional groups attached to an aromatic ring is 1. The molecular formula is C21H20ClN5O6. The number of anilines is 2. The molecule has 0 fully saturated rings. The van der Waals surface area contributed by atoms with Gasteiger partial charge in [0.05, 0.1) is 35.2 Å². The Kier molecular flexibility index (Phi) is 7.26. The number of nitro groups is 1. The van der Waals surface area contributed by atoms with Crippen LogP contribution in [-0.2, 0) is 17.8 Å². The molecule has 2 aromatic carbocycles. The minimum absolute atomic E-state index is 0.0237. The highest BCUT2D eigenvalue weighted by atomic mass is 35.5. The lowest BCUT2D eigenvalue weighted by Gasteiger charge is -2.25. The standard InChI is InChI=1S/C21H20ClN5O6/c1-33-10-9-25-18(23)17(19(28)24-21(25)30)26(12-13-5-3-2-4-6-13)20(29)15-11-14(27(31)32)7-8-16(15)22/h2-8,11H,9-10,12,23H2,1H3,(H,24,28,30). The number of nitro benzene ring substituents is 1. The van der Waals surface area contributed by atoms with E-state index in [9.17, 15) is 24.5 Å². The van der Waals surface area contributed by atoms with Crippen molar-refractivity contribution in [2.75, 3.05) is 24.4 Å². The van der Waals surface area contributed by atoms with Crippen molar-refractivity contribution in [1.82, 2.24) is 9.55 Å². The number of carbonyl (C=O) groups is 1. The van der Waals surface area contributed by atoms with E-state index in [0.29, 0.717) is 5.56 Å².